The molecule has 8 heterocycles. The van der Waals surface area contributed by atoms with Gasteiger partial charge in [-0.15, -0.1) is 11.3 Å². The van der Waals surface area contributed by atoms with E-state index in [4.69, 9.17) is 20.9 Å². The van der Waals surface area contributed by atoms with Crippen LogP contribution in [0, 0.1) is 19.8 Å². The molecule has 0 radical (unpaired) electrons. The zero-order valence-electron chi connectivity index (χ0n) is 57.5. The molecular formula is C69H87N19O10S3. The lowest BCUT2D eigenvalue weighted by Crippen LogP contribution is -2.46. The van der Waals surface area contributed by atoms with Crippen LogP contribution in [0.2, 0.25) is 0 Å². The number of primary amides is 2. The van der Waals surface area contributed by atoms with Crippen molar-refractivity contribution >= 4 is 111 Å². The molecule has 0 spiro atoms. The van der Waals surface area contributed by atoms with Crippen LogP contribution in [0.4, 0.5) is 10.8 Å². The van der Waals surface area contributed by atoms with E-state index in [0.29, 0.717) is 125 Å². The second-order valence-corrected chi connectivity index (χ2v) is 29.1. The van der Waals surface area contributed by atoms with E-state index in [2.05, 4.69) is 65.2 Å². The number of likely N-dealkylation sites (tertiary alicyclic amines) is 1. The number of sulfonamides is 1. The zero-order chi connectivity index (χ0) is 71.3. The lowest BCUT2D eigenvalue weighted by molar-refractivity contribution is -0.121. The number of aromatic amines is 2. The van der Waals surface area contributed by atoms with Crippen molar-refractivity contribution in [1.29, 1.82) is 0 Å². The van der Waals surface area contributed by atoms with E-state index < -0.39 is 33.7 Å². The van der Waals surface area contributed by atoms with E-state index in [1.807, 2.05) is 26.0 Å². The van der Waals surface area contributed by atoms with Crippen molar-refractivity contribution in [3.8, 4) is 11.5 Å². The van der Waals surface area contributed by atoms with Gasteiger partial charge in [0.15, 0.2) is 5.13 Å². The first-order valence-corrected chi connectivity index (χ1v) is 37.4. The van der Waals surface area contributed by atoms with Gasteiger partial charge in [-0.25, -0.2) is 13.4 Å². The maximum atomic E-state index is 14.0. The Morgan fingerprint density at radius 2 is 1.26 bits per heavy atom. The van der Waals surface area contributed by atoms with Gasteiger partial charge in [-0.2, -0.15) is 20.2 Å². The smallest absolute Gasteiger partial charge is 0.298 e. The maximum Gasteiger partial charge on any atom is 0.298 e. The molecular weight excluding hydrogens is 1350 g/mol. The first-order chi connectivity index (χ1) is 48.7. The number of amides is 6. The molecule has 6 aromatic heterocycles. The van der Waals surface area contributed by atoms with Crippen molar-refractivity contribution in [3.63, 3.8) is 0 Å². The number of carbonyl (C=O) groups is 6. The number of thiophene rings is 1. The third-order valence-electron chi connectivity index (χ3n) is 18.0. The summed E-state index contributed by atoms with van der Waals surface area (Å²) in [7, 11) is -2.22. The van der Waals surface area contributed by atoms with E-state index in [9.17, 15) is 37.2 Å². The fourth-order valence-corrected chi connectivity index (χ4v) is 15.8. The molecule has 2 aliphatic heterocycles. The predicted molar refractivity (Wildman–Crippen MR) is 387 cm³/mol. The number of methoxy groups -OCH3 is 1. The molecule has 0 aliphatic carbocycles. The molecule has 3 aromatic carbocycles. The van der Waals surface area contributed by atoms with E-state index in [1.165, 1.54) is 24.5 Å². The quantitative estimate of drug-likeness (QED) is 0.0166. The van der Waals surface area contributed by atoms with Crippen LogP contribution in [0.3, 0.4) is 0 Å². The second kappa shape index (κ2) is 33.3. The van der Waals surface area contributed by atoms with Crippen LogP contribution in [0.1, 0.15) is 125 Å². The SMILES string of the molecule is CCn1nc(C)cc1C(=O)/N=c1/[nH]c2cc(C(N)=O)cc(OC)c2n1C/C=C/Cn1/c(=N\C(=O)c2cc(C)nn2CC)[nH]c2cc(C(N)=O)cc(OCCCN3CCN(CCCCCCCC(=O)NCCN4CCC(C(=O)Nc5nc6ccc(NS(=O)(=O)c7cccs7)cc6s5)CC4)CC3)c21. The molecule has 9 aromatic rings. The number of benzene rings is 3. The second-order valence-electron chi connectivity index (χ2n) is 25.2. The number of ether oxygens (including phenoxy) is 2. The van der Waals surface area contributed by atoms with Crippen molar-refractivity contribution in [2.75, 3.05) is 89.2 Å². The average Bonchev–Trinajstić information content (AvgIpc) is 1.63. The number of fused-ring (bicyclic) bond motifs is 3. The molecule has 11 rings (SSSR count). The summed E-state index contributed by atoms with van der Waals surface area (Å²) in [5, 5.41) is 17.1. The number of imidazole rings is 2. The summed E-state index contributed by atoms with van der Waals surface area (Å²) >= 11 is 2.45. The number of piperazine rings is 1. The molecule has 9 N–H and O–H groups in total. The van der Waals surface area contributed by atoms with Crippen LogP contribution in [-0.4, -0.2) is 181 Å². The molecule has 101 heavy (non-hydrogen) atoms. The predicted octanol–water partition coefficient (Wildman–Crippen LogP) is 6.91. The Morgan fingerprint density at radius 3 is 1.83 bits per heavy atom. The Labute approximate surface area is 591 Å². The lowest BCUT2D eigenvalue weighted by Gasteiger charge is -2.34. The number of carbonyl (C=O) groups excluding carboxylic acids is 6. The Kier molecular flexibility index (Phi) is 23.9. The molecule has 6 amide bonds. The topological polar surface area (TPSA) is 368 Å². The number of aromatic nitrogens is 9. The number of rotatable bonds is 32. The van der Waals surface area contributed by atoms with Gasteiger partial charge in [-0.05, 0) is 145 Å². The number of nitrogens with zero attached hydrogens (tertiary/aromatic N) is 12. The zero-order valence-corrected chi connectivity index (χ0v) is 59.9. The van der Waals surface area contributed by atoms with Crippen molar-refractivity contribution in [2.45, 2.75) is 116 Å². The minimum absolute atomic E-state index is 0.0654. The molecule has 2 saturated heterocycles. The third-order valence-corrected chi connectivity index (χ3v) is 21.8. The van der Waals surface area contributed by atoms with Crippen molar-refractivity contribution in [3.05, 3.63) is 129 Å². The lowest BCUT2D eigenvalue weighted by atomic mass is 9.96. The third kappa shape index (κ3) is 18.1. The number of hydrogen-bond acceptors (Lipinski definition) is 18. The maximum absolute atomic E-state index is 14.0. The first kappa shape index (κ1) is 72.6. The molecule has 0 saturated carbocycles. The standard InChI is InChI=1S/C69H87N19O10S3/c1-6-87-53(37-44(3)79-87)65(93)76-67-73-51-39-47(62(70)90)41-55(97-5)60(51)85(67)26-13-14-27-86-61-52(74-68(86)77-66(94)54-38-45(4)80-88(54)7-2)40-48(63(71)91)42-56(61)98-35-16-25-83-33-31-82(32-34-83)24-12-10-8-9-11-17-58(89)72-23-30-84-28-21-46(22-29-84)64(92)78-69-75-50-20-19-49(43-57(50)100-69)81-101(95,96)59-18-15-36-99-59/h13-15,18-20,36-43,46,81H,6-12,16-17,21-35H2,1-5H3,(H2,70,90)(H2,71,91)(H,72,89)(H,73,76,93)(H,74,77,94)(H,75,78,92)/b14-13+. The van der Waals surface area contributed by atoms with Crippen LogP contribution >= 0.6 is 22.7 Å². The van der Waals surface area contributed by atoms with Crippen molar-refractivity contribution in [1.82, 2.24) is 63.7 Å². The highest BCUT2D eigenvalue weighted by atomic mass is 32.2. The number of nitrogens with two attached hydrogens (primary N) is 2. The van der Waals surface area contributed by atoms with Crippen molar-refractivity contribution in [2.24, 2.45) is 27.4 Å². The molecule has 0 bridgehead atoms. The van der Waals surface area contributed by atoms with E-state index in [0.717, 1.165) is 107 Å². The number of anilines is 2. The van der Waals surface area contributed by atoms with Crippen LogP contribution in [0.5, 0.6) is 11.5 Å². The minimum atomic E-state index is -3.69. The Morgan fingerprint density at radius 1 is 0.693 bits per heavy atom. The van der Waals surface area contributed by atoms with Gasteiger partial charge >= 0.3 is 0 Å². The van der Waals surface area contributed by atoms with Gasteiger partial charge in [0, 0.05) is 95.5 Å². The van der Waals surface area contributed by atoms with Crippen molar-refractivity contribution < 1.29 is 46.7 Å². The first-order valence-electron chi connectivity index (χ1n) is 34.2. The summed E-state index contributed by atoms with van der Waals surface area (Å²) in [5.41, 5.74) is 17.4. The summed E-state index contributed by atoms with van der Waals surface area (Å²) in [6.45, 7) is 17.2. The van der Waals surface area contributed by atoms with E-state index in [-0.39, 0.29) is 57.4 Å². The Balaban J connectivity index is 0.624. The molecule has 32 heteroatoms. The largest absolute Gasteiger partial charge is 0.494 e. The Bertz CT molecular complexity index is 4790. The number of aryl methyl sites for hydroxylation is 4. The van der Waals surface area contributed by atoms with Gasteiger partial charge in [0.1, 0.15) is 38.1 Å². The number of thiazole rings is 1. The molecule has 0 atom stereocenters. The van der Waals surface area contributed by atoms with E-state index in [1.54, 1.807) is 98.4 Å². The van der Waals surface area contributed by atoms with E-state index >= 15 is 0 Å². The number of allylic oxidation sites excluding steroid dienone is 2. The monoisotopic (exact) mass is 1440 g/mol. The van der Waals surface area contributed by atoms with Gasteiger partial charge in [0.05, 0.1) is 52.0 Å². The Hall–Kier alpha value is -9.60. The molecule has 536 valence electrons. The number of H-pyrrole nitrogens is 2. The minimum Gasteiger partial charge on any atom is -0.494 e. The van der Waals surface area contributed by atoms with Crippen LogP contribution < -0.4 is 47.5 Å². The summed E-state index contributed by atoms with van der Waals surface area (Å²) in [5.74, 6) is -1.88. The molecule has 29 nitrogen and oxygen atoms in total. The number of piperidine rings is 1. The normalized spacial score (nSPS) is 14.8. The van der Waals surface area contributed by atoms with Gasteiger partial charge in [0.2, 0.25) is 34.9 Å². The summed E-state index contributed by atoms with van der Waals surface area (Å²) in [4.78, 5) is 106. The summed E-state index contributed by atoms with van der Waals surface area (Å²) in [6, 6.07) is 18.0. The highest BCUT2D eigenvalue weighted by molar-refractivity contribution is 7.94. The highest BCUT2D eigenvalue weighted by Crippen LogP contribution is 2.32. The average molecular weight is 1440 g/mol. The summed E-state index contributed by atoms with van der Waals surface area (Å²) in [6.07, 6.45) is 11.4. The van der Waals surface area contributed by atoms with Gasteiger partial charge in [0.25, 0.3) is 21.8 Å². The van der Waals surface area contributed by atoms with Gasteiger partial charge in [-0.3, -0.25) is 42.9 Å². The van der Waals surface area contributed by atoms with Crippen LogP contribution in [-0.2, 0) is 45.8 Å². The number of nitrogens with one attached hydrogen (secondary N) is 5. The highest BCUT2D eigenvalue weighted by Gasteiger charge is 2.27. The fourth-order valence-electron chi connectivity index (χ4n) is 12.8. The molecule has 0 unspecified atom stereocenters. The molecule has 2 aliphatic rings. The molecule has 2 fully saturated rings. The van der Waals surface area contributed by atoms with Gasteiger partial charge < -0.3 is 65.4 Å². The number of hydrogen-bond donors (Lipinski definition) is 7. The fraction of sp³-hybridized carbons (Fsp3) is 0.435. The van der Waals surface area contributed by atoms with Gasteiger partial charge in [-0.1, -0.05) is 48.8 Å². The number of unbranched alkanes of at least 4 members (excludes halogenated alkanes) is 4. The summed E-state index contributed by atoms with van der Waals surface area (Å²) < 4.78 is 48.1. The van der Waals surface area contributed by atoms with Crippen LogP contribution in [0.15, 0.2) is 98.5 Å². The van der Waals surface area contributed by atoms with Crippen LogP contribution in [0.25, 0.3) is 32.3 Å².